The van der Waals surface area contributed by atoms with Crippen LogP contribution in [-0.4, -0.2) is 18.5 Å². The Labute approximate surface area is 110 Å². The smallest absolute Gasteiger partial charge is 0.221 e. The van der Waals surface area contributed by atoms with Gasteiger partial charge in [-0.05, 0) is 12.0 Å². The fraction of sp³-hybridized carbons (Fsp3) is 0.533. The summed E-state index contributed by atoms with van der Waals surface area (Å²) in [6, 6.07) is 10.4. The van der Waals surface area contributed by atoms with Crippen molar-refractivity contribution in [2.24, 2.45) is 5.73 Å². The number of hydrogen-bond donors (Lipinski definition) is 2. The van der Waals surface area contributed by atoms with E-state index in [-0.39, 0.29) is 17.4 Å². The average molecular weight is 248 g/mol. The Morgan fingerprint density at radius 1 is 1.33 bits per heavy atom. The quantitative estimate of drug-likeness (QED) is 0.811. The number of hydrogen-bond acceptors (Lipinski definition) is 2. The average Bonchev–Trinajstić information content (AvgIpc) is 2.37. The van der Waals surface area contributed by atoms with Gasteiger partial charge in [0.25, 0.3) is 0 Å². The van der Waals surface area contributed by atoms with Gasteiger partial charge in [-0.25, -0.2) is 0 Å². The minimum absolute atomic E-state index is 0.0355. The monoisotopic (exact) mass is 248 g/mol. The predicted octanol–water partition coefficient (Wildman–Crippen LogP) is 2.21. The van der Waals surface area contributed by atoms with Gasteiger partial charge in [-0.15, -0.1) is 0 Å². The fourth-order valence-electron chi connectivity index (χ4n) is 2.26. The van der Waals surface area contributed by atoms with Crippen LogP contribution in [0.5, 0.6) is 0 Å². The molecule has 18 heavy (non-hydrogen) atoms. The van der Waals surface area contributed by atoms with Crippen molar-refractivity contribution in [2.75, 3.05) is 6.54 Å². The molecular formula is C15H24N2O. The van der Waals surface area contributed by atoms with Gasteiger partial charge < -0.3 is 11.1 Å². The van der Waals surface area contributed by atoms with Crippen molar-refractivity contribution < 1.29 is 4.79 Å². The number of benzene rings is 1. The minimum Gasteiger partial charge on any atom is -0.352 e. The molecule has 0 aromatic heterocycles. The van der Waals surface area contributed by atoms with Gasteiger partial charge >= 0.3 is 0 Å². The van der Waals surface area contributed by atoms with Gasteiger partial charge in [-0.2, -0.15) is 0 Å². The van der Waals surface area contributed by atoms with Crippen LogP contribution in [0.15, 0.2) is 30.3 Å². The van der Waals surface area contributed by atoms with E-state index in [1.54, 1.807) is 0 Å². The molecule has 1 unspecified atom stereocenters. The molecule has 0 fully saturated rings. The van der Waals surface area contributed by atoms with Gasteiger partial charge in [0.05, 0.1) is 0 Å². The van der Waals surface area contributed by atoms with Gasteiger partial charge in [0.1, 0.15) is 0 Å². The Morgan fingerprint density at radius 2 is 1.94 bits per heavy atom. The normalized spacial score (nSPS) is 13.1. The summed E-state index contributed by atoms with van der Waals surface area (Å²) in [5, 5.41) is 3.09. The van der Waals surface area contributed by atoms with E-state index < -0.39 is 0 Å². The Bertz CT molecular complexity index is 373. The van der Waals surface area contributed by atoms with E-state index in [2.05, 4.69) is 38.2 Å². The standard InChI is InChI=1S/C15H24N2O/c1-4-13(17-14(18)10-11-16)15(2,3)12-8-6-5-7-9-12/h5-9,13H,4,10-11,16H2,1-3H3,(H,17,18). The summed E-state index contributed by atoms with van der Waals surface area (Å²) < 4.78 is 0. The van der Waals surface area contributed by atoms with E-state index in [9.17, 15) is 4.79 Å². The van der Waals surface area contributed by atoms with E-state index in [1.165, 1.54) is 5.56 Å². The second-order valence-electron chi connectivity index (χ2n) is 5.15. The lowest BCUT2D eigenvalue weighted by molar-refractivity contribution is -0.122. The second kappa shape index (κ2) is 6.55. The second-order valence-corrected chi connectivity index (χ2v) is 5.15. The molecule has 1 rings (SSSR count). The lowest BCUT2D eigenvalue weighted by Gasteiger charge is -2.35. The zero-order valence-electron chi connectivity index (χ0n) is 11.6. The number of nitrogens with one attached hydrogen (secondary N) is 1. The Morgan fingerprint density at radius 3 is 2.44 bits per heavy atom. The Balaban J connectivity index is 2.83. The lowest BCUT2D eigenvalue weighted by Crippen LogP contribution is -2.47. The van der Waals surface area contributed by atoms with Gasteiger partial charge in [0.2, 0.25) is 5.91 Å². The number of rotatable bonds is 6. The molecule has 0 bridgehead atoms. The van der Waals surface area contributed by atoms with E-state index in [0.29, 0.717) is 13.0 Å². The minimum atomic E-state index is -0.0831. The summed E-state index contributed by atoms with van der Waals surface area (Å²) in [6.07, 6.45) is 1.29. The highest BCUT2D eigenvalue weighted by Crippen LogP contribution is 2.28. The fourth-order valence-corrected chi connectivity index (χ4v) is 2.26. The number of carbonyl (C=O) groups is 1. The molecule has 0 spiro atoms. The van der Waals surface area contributed by atoms with Crippen molar-refractivity contribution in [3.05, 3.63) is 35.9 Å². The van der Waals surface area contributed by atoms with E-state index in [0.717, 1.165) is 6.42 Å². The molecule has 1 aromatic carbocycles. The van der Waals surface area contributed by atoms with E-state index in [4.69, 9.17) is 5.73 Å². The molecule has 0 saturated carbocycles. The van der Waals surface area contributed by atoms with Crippen LogP contribution in [0, 0.1) is 0 Å². The number of carbonyl (C=O) groups excluding carboxylic acids is 1. The van der Waals surface area contributed by atoms with Gasteiger partial charge in [0.15, 0.2) is 0 Å². The molecular weight excluding hydrogens is 224 g/mol. The molecule has 1 atom stereocenters. The van der Waals surface area contributed by atoms with Crippen LogP contribution in [0.4, 0.5) is 0 Å². The Hall–Kier alpha value is -1.35. The number of amides is 1. The SMILES string of the molecule is CCC(NC(=O)CCN)C(C)(C)c1ccccc1. The topological polar surface area (TPSA) is 55.1 Å². The van der Waals surface area contributed by atoms with Crippen molar-refractivity contribution in [1.82, 2.24) is 5.32 Å². The molecule has 0 aliphatic heterocycles. The van der Waals surface area contributed by atoms with Crippen molar-refractivity contribution in [3.63, 3.8) is 0 Å². The first-order chi connectivity index (χ1) is 8.52. The summed E-state index contributed by atoms with van der Waals surface area (Å²) in [4.78, 5) is 11.7. The van der Waals surface area contributed by atoms with Crippen LogP contribution in [0.25, 0.3) is 0 Å². The largest absolute Gasteiger partial charge is 0.352 e. The maximum Gasteiger partial charge on any atom is 0.221 e. The molecule has 100 valence electrons. The van der Waals surface area contributed by atoms with Gasteiger partial charge in [-0.1, -0.05) is 51.1 Å². The molecule has 0 aliphatic rings. The molecule has 0 saturated heterocycles. The lowest BCUT2D eigenvalue weighted by atomic mass is 9.76. The summed E-state index contributed by atoms with van der Waals surface area (Å²) in [5.41, 5.74) is 6.56. The van der Waals surface area contributed by atoms with Gasteiger partial charge in [-0.3, -0.25) is 4.79 Å². The molecule has 0 radical (unpaired) electrons. The summed E-state index contributed by atoms with van der Waals surface area (Å²) >= 11 is 0. The van der Waals surface area contributed by atoms with Crippen LogP contribution in [-0.2, 0) is 10.2 Å². The van der Waals surface area contributed by atoms with Crippen molar-refractivity contribution in [2.45, 2.75) is 45.1 Å². The first-order valence-electron chi connectivity index (χ1n) is 6.57. The molecule has 3 heteroatoms. The highest BCUT2D eigenvalue weighted by atomic mass is 16.1. The first kappa shape index (κ1) is 14.7. The summed E-state index contributed by atoms with van der Waals surface area (Å²) in [5.74, 6) is 0.0355. The molecule has 1 aromatic rings. The predicted molar refractivity (Wildman–Crippen MR) is 75.4 cm³/mol. The van der Waals surface area contributed by atoms with Crippen LogP contribution in [0.2, 0.25) is 0 Å². The van der Waals surface area contributed by atoms with Crippen LogP contribution >= 0.6 is 0 Å². The molecule has 0 aliphatic carbocycles. The summed E-state index contributed by atoms with van der Waals surface area (Å²) in [7, 11) is 0. The zero-order valence-corrected chi connectivity index (χ0v) is 11.6. The van der Waals surface area contributed by atoms with Crippen molar-refractivity contribution in [1.29, 1.82) is 0 Å². The Kier molecular flexibility index (Phi) is 5.35. The summed E-state index contributed by atoms with van der Waals surface area (Å²) in [6.45, 7) is 6.82. The third-order valence-corrected chi connectivity index (χ3v) is 3.50. The maximum atomic E-state index is 11.7. The third-order valence-electron chi connectivity index (χ3n) is 3.50. The highest BCUT2D eigenvalue weighted by Gasteiger charge is 2.30. The number of nitrogens with two attached hydrogens (primary N) is 1. The molecule has 0 heterocycles. The molecule has 1 amide bonds. The highest BCUT2D eigenvalue weighted by molar-refractivity contribution is 5.76. The zero-order chi connectivity index (χ0) is 13.6. The van der Waals surface area contributed by atoms with Crippen molar-refractivity contribution in [3.8, 4) is 0 Å². The van der Waals surface area contributed by atoms with Crippen LogP contribution < -0.4 is 11.1 Å². The van der Waals surface area contributed by atoms with E-state index in [1.807, 2.05) is 18.2 Å². The first-order valence-corrected chi connectivity index (χ1v) is 6.57. The van der Waals surface area contributed by atoms with Crippen LogP contribution in [0.1, 0.15) is 39.2 Å². The van der Waals surface area contributed by atoms with Crippen molar-refractivity contribution >= 4 is 5.91 Å². The molecule has 3 nitrogen and oxygen atoms in total. The molecule has 3 N–H and O–H groups in total. The van der Waals surface area contributed by atoms with Crippen LogP contribution in [0.3, 0.4) is 0 Å². The van der Waals surface area contributed by atoms with Gasteiger partial charge in [0, 0.05) is 24.4 Å². The maximum absolute atomic E-state index is 11.7. The third kappa shape index (κ3) is 3.57. The van der Waals surface area contributed by atoms with E-state index >= 15 is 0 Å².